The second kappa shape index (κ2) is 8.15. The molecule has 0 saturated carbocycles. The molecule has 0 aliphatic heterocycles. The molecule has 0 saturated heterocycles. The van der Waals surface area contributed by atoms with Gasteiger partial charge < -0.3 is 15.4 Å². The summed E-state index contributed by atoms with van der Waals surface area (Å²) in [6.45, 7) is 0.354. The number of hydrogen-bond donors (Lipinski definition) is 3. The van der Waals surface area contributed by atoms with Crippen molar-refractivity contribution in [2.45, 2.75) is 6.42 Å². The fourth-order valence-electron chi connectivity index (χ4n) is 2.69. The van der Waals surface area contributed by atoms with Gasteiger partial charge in [-0.1, -0.05) is 36.4 Å². The number of aromatic nitrogens is 2. The highest BCUT2D eigenvalue weighted by molar-refractivity contribution is 6.05. The van der Waals surface area contributed by atoms with Crippen LogP contribution in [0.1, 0.15) is 16.1 Å². The van der Waals surface area contributed by atoms with E-state index in [9.17, 15) is 9.59 Å². The summed E-state index contributed by atoms with van der Waals surface area (Å²) in [7, 11) is 1.62. The van der Waals surface area contributed by atoms with Crippen LogP contribution in [0.4, 0.5) is 0 Å². The Bertz CT molecular complexity index is 920. The Morgan fingerprint density at radius 2 is 1.85 bits per heavy atom. The molecule has 0 atom stereocenters. The average molecular weight is 352 g/mol. The molecule has 3 aromatic rings. The standard InChI is InChI=1S/C19H20N4O3/c1-26-16-9-5-2-6-13(16)10-11-20-17(24)12-21-19(25)18-14-7-3-4-8-15(14)22-23-18/h2-9H,10-12H2,1H3,(H,20,24)(H,21,25)(H,22,23). The zero-order valence-corrected chi connectivity index (χ0v) is 14.4. The molecule has 7 heteroatoms. The van der Waals surface area contributed by atoms with Gasteiger partial charge >= 0.3 is 0 Å². The molecule has 0 unspecified atom stereocenters. The normalized spacial score (nSPS) is 10.5. The van der Waals surface area contributed by atoms with Gasteiger partial charge in [-0.05, 0) is 24.1 Å². The molecule has 0 aliphatic rings. The van der Waals surface area contributed by atoms with Crippen LogP contribution in [0.15, 0.2) is 48.5 Å². The number of benzene rings is 2. The van der Waals surface area contributed by atoms with Gasteiger partial charge in [-0.15, -0.1) is 0 Å². The number of methoxy groups -OCH3 is 1. The van der Waals surface area contributed by atoms with Gasteiger partial charge in [0.1, 0.15) is 5.75 Å². The van der Waals surface area contributed by atoms with Crippen molar-refractivity contribution in [2.24, 2.45) is 0 Å². The lowest BCUT2D eigenvalue weighted by molar-refractivity contribution is -0.120. The number of nitrogens with zero attached hydrogens (tertiary/aromatic N) is 1. The molecular formula is C19H20N4O3. The fourth-order valence-corrected chi connectivity index (χ4v) is 2.69. The summed E-state index contributed by atoms with van der Waals surface area (Å²) in [5.74, 6) is 0.149. The van der Waals surface area contributed by atoms with E-state index in [4.69, 9.17) is 4.74 Å². The van der Waals surface area contributed by atoms with Gasteiger partial charge in [-0.25, -0.2) is 0 Å². The number of amides is 2. The van der Waals surface area contributed by atoms with Crippen molar-refractivity contribution >= 4 is 22.7 Å². The molecule has 3 rings (SSSR count). The molecule has 2 amide bonds. The largest absolute Gasteiger partial charge is 0.496 e. The summed E-state index contributed by atoms with van der Waals surface area (Å²) < 4.78 is 5.28. The number of carbonyl (C=O) groups excluding carboxylic acids is 2. The summed E-state index contributed by atoms with van der Waals surface area (Å²) in [5.41, 5.74) is 2.07. The lowest BCUT2D eigenvalue weighted by Gasteiger charge is -2.09. The SMILES string of the molecule is COc1ccccc1CCNC(=O)CNC(=O)c1n[nH]c2ccccc12. The summed E-state index contributed by atoms with van der Waals surface area (Å²) in [5, 5.41) is 12.9. The van der Waals surface area contributed by atoms with Crippen LogP contribution in [0, 0.1) is 0 Å². The van der Waals surface area contributed by atoms with E-state index in [1.807, 2.05) is 42.5 Å². The zero-order chi connectivity index (χ0) is 18.4. The quantitative estimate of drug-likeness (QED) is 0.602. The van der Waals surface area contributed by atoms with Crippen molar-refractivity contribution in [3.8, 4) is 5.75 Å². The number of rotatable bonds is 7. The summed E-state index contributed by atoms with van der Waals surface area (Å²) in [6.07, 6.45) is 0.647. The first-order chi connectivity index (χ1) is 12.7. The third-order valence-corrected chi connectivity index (χ3v) is 4.00. The first-order valence-corrected chi connectivity index (χ1v) is 8.29. The highest BCUT2D eigenvalue weighted by atomic mass is 16.5. The molecule has 134 valence electrons. The number of para-hydroxylation sites is 2. The molecule has 0 aliphatic carbocycles. The van der Waals surface area contributed by atoms with Crippen molar-refractivity contribution in [2.75, 3.05) is 20.2 Å². The van der Waals surface area contributed by atoms with E-state index in [2.05, 4.69) is 20.8 Å². The van der Waals surface area contributed by atoms with Gasteiger partial charge in [0, 0.05) is 11.9 Å². The fraction of sp³-hybridized carbons (Fsp3) is 0.211. The van der Waals surface area contributed by atoms with E-state index >= 15 is 0 Å². The molecular weight excluding hydrogens is 332 g/mol. The number of carbonyl (C=O) groups is 2. The second-order valence-electron chi connectivity index (χ2n) is 5.71. The number of ether oxygens (including phenoxy) is 1. The zero-order valence-electron chi connectivity index (χ0n) is 14.4. The first-order valence-electron chi connectivity index (χ1n) is 8.29. The van der Waals surface area contributed by atoms with E-state index in [1.165, 1.54) is 0 Å². The highest BCUT2D eigenvalue weighted by Gasteiger charge is 2.14. The second-order valence-corrected chi connectivity index (χ2v) is 5.71. The first kappa shape index (κ1) is 17.5. The maximum atomic E-state index is 12.2. The van der Waals surface area contributed by atoms with E-state index in [-0.39, 0.29) is 24.1 Å². The third kappa shape index (κ3) is 4.00. The molecule has 0 bridgehead atoms. The minimum absolute atomic E-state index is 0.105. The molecule has 0 spiro atoms. The van der Waals surface area contributed by atoms with Gasteiger partial charge in [0.15, 0.2) is 5.69 Å². The number of H-pyrrole nitrogens is 1. The van der Waals surface area contributed by atoms with E-state index < -0.39 is 0 Å². The summed E-state index contributed by atoms with van der Waals surface area (Å²) in [4.78, 5) is 24.2. The lowest BCUT2D eigenvalue weighted by Crippen LogP contribution is -2.37. The van der Waals surface area contributed by atoms with Crippen LogP contribution in [0.2, 0.25) is 0 Å². The maximum absolute atomic E-state index is 12.2. The van der Waals surface area contributed by atoms with E-state index in [0.717, 1.165) is 22.2 Å². The Morgan fingerprint density at radius 1 is 1.08 bits per heavy atom. The van der Waals surface area contributed by atoms with Gasteiger partial charge in [-0.2, -0.15) is 5.10 Å². The monoisotopic (exact) mass is 352 g/mol. The topological polar surface area (TPSA) is 96.1 Å². The van der Waals surface area contributed by atoms with Gasteiger partial charge in [0.25, 0.3) is 5.91 Å². The summed E-state index contributed by atoms with van der Waals surface area (Å²) in [6, 6.07) is 15.0. The van der Waals surface area contributed by atoms with Crippen LogP contribution in [-0.4, -0.2) is 42.2 Å². The maximum Gasteiger partial charge on any atom is 0.272 e. The minimum Gasteiger partial charge on any atom is -0.496 e. The van der Waals surface area contributed by atoms with Crippen LogP contribution >= 0.6 is 0 Å². The lowest BCUT2D eigenvalue weighted by atomic mass is 10.1. The van der Waals surface area contributed by atoms with Crippen molar-refractivity contribution in [3.05, 3.63) is 59.8 Å². The van der Waals surface area contributed by atoms with Crippen LogP contribution in [0.25, 0.3) is 10.9 Å². The Kier molecular flexibility index (Phi) is 5.48. The third-order valence-electron chi connectivity index (χ3n) is 4.00. The van der Waals surface area contributed by atoms with Gasteiger partial charge in [0.2, 0.25) is 5.91 Å². The molecule has 3 N–H and O–H groups in total. The predicted octanol–water partition coefficient (Wildman–Crippen LogP) is 1.66. The Hall–Kier alpha value is -3.35. The van der Waals surface area contributed by atoms with Crippen molar-refractivity contribution in [3.63, 3.8) is 0 Å². The number of hydrogen-bond acceptors (Lipinski definition) is 4. The minimum atomic E-state index is -0.387. The van der Waals surface area contributed by atoms with Crippen LogP contribution < -0.4 is 15.4 Å². The van der Waals surface area contributed by atoms with Gasteiger partial charge in [-0.3, -0.25) is 14.7 Å². The van der Waals surface area contributed by atoms with E-state index in [0.29, 0.717) is 13.0 Å². The number of nitrogens with one attached hydrogen (secondary N) is 3. The Morgan fingerprint density at radius 3 is 2.69 bits per heavy atom. The molecule has 1 heterocycles. The Balaban J connectivity index is 1.47. The molecule has 26 heavy (non-hydrogen) atoms. The summed E-state index contributed by atoms with van der Waals surface area (Å²) >= 11 is 0. The predicted molar refractivity (Wildman–Crippen MR) is 98.1 cm³/mol. The van der Waals surface area contributed by atoms with E-state index in [1.54, 1.807) is 13.2 Å². The smallest absolute Gasteiger partial charge is 0.272 e. The van der Waals surface area contributed by atoms with Crippen molar-refractivity contribution in [1.82, 2.24) is 20.8 Å². The van der Waals surface area contributed by atoms with Crippen molar-refractivity contribution < 1.29 is 14.3 Å². The van der Waals surface area contributed by atoms with Crippen LogP contribution in [0.5, 0.6) is 5.75 Å². The molecule has 2 aromatic carbocycles. The van der Waals surface area contributed by atoms with Gasteiger partial charge in [0.05, 0.1) is 19.2 Å². The molecule has 0 fully saturated rings. The highest BCUT2D eigenvalue weighted by Crippen LogP contribution is 2.17. The number of fused-ring (bicyclic) bond motifs is 1. The average Bonchev–Trinajstić information content (AvgIpc) is 3.11. The van der Waals surface area contributed by atoms with Crippen LogP contribution in [-0.2, 0) is 11.2 Å². The number of aromatic amines is 1. The molecule has 0 radical (unpaired) electrons. The molecule has 1 aromatic heterocycles. The molecule has 7 nitrogen and oxygen atoms in total. The Labute approximate surface area is 150 Å². The van der Waals surface area contributed by atoms with Crippen LogP contribution in [0.3, 0.4) is 0 Å². The van der Waals surface area contributed by atoms with Crippen molar-refractivity contribution in [1.29, 1.82) is 0 Å².